The molecule has 0 atom stereocenters. The molecule has 9 heteroatoms. The molecule has 0 aliphatic heterocycles. The lowest BCUT2D eigenvalue weighted by atomic mass is 10.2. The Hall–Kier alpha value is -2.65. The van der Waals surface area contributed by atoms with Crippen LogP contribution in [0.2, 0.25) is 0 Å². The number of fused-ring (bicyclic) bond motifs is 1. The number of hydrogen-bond acceptors (Lipinski definition) is 5. The van der Waals surface area contributed by atoms with E-state index in [0.29, 0.717) is 17.4 Å². The average Bonchev–Trinajstić information content (AvgIpc) is 3.07. The number of nitrogens with zero attached hydrogens (tertiary/aromatic N) is 1. The quantitative estimate of drug-likeness (QED) is 0.351. The zero-order chi connectivity index (χ0) is 18.4. The fourth-order valence-corrected chi connectivity index (χ4v) is 2.79. The summed E-state index contributed by atoms with van der Waals surface area (Å²) >= 11 is 6.26. The number of amides is 1. The first kappa shape index (κ1) is 18.2. The number of aromatic nitrogens is 1. The van der Waals surface area contributed by atoms with Gasteiger partial charge < -0.3 is 9.73 Å². The number of carbonyl (C=O) groups excluding carboxylic acids is 1. The van der Waals surface area contributed by atoms with E-state index in [1.165, 1.54) is 23.9 Å². The highest BCUT2D eigenvalue weighted by Crippen LogP contribution is 2.22. The SMILES string of the molecule is O=C(CSc1nc2ccccc2o1)NNC(=S)NCc1ccc(F)cc1. The fourth-order valence-electron chi connectivity index (χ4n) is 2.03. The molecule has 0 saturated heterocycles. The van der Waals surface area contributed by atoms with Gasteiger partial charge in [-0.1, -0.05) is 36.0 Å². The normalized spacial score (nSPS) is 10.5. The molecular formula is C17H15FN4O2S2. The maximum absolute atomic E-state index is 12.8. The number of rotatable bonds is 5. The Labute approximate surface area is 158 Å². The lowest BCUT2D eigenvalue weighted by Crippen LogP contribution is -2.47. The maximum atomic E-state index is 12.8. The molecule has 0 bridgehead atoms. The molecule has 1 aromatic heterocycles. The van der Waals surface area contributed by atoms with E-state index in [1.54, 1.807) is 12.1 Å². The molecule has 0 spiro atoms. The van der Waals surface area contributed by atoms with Crippen LogP contribution < -0.4 is 16.2 Å². The molecule has 3 rings (SSSR count). The van der Waals surface area contributed by atoms with Gasteiger partial charge in [-0.15, -0.1) is 0 Å². The van der Waals surface area contributed by atoms with Gasteiger partial charge in [-0.2, -0.15) is 0 Å². The van der Waals surface area contributed by atoms with E-state index in [1.807, 2.05) is 24.3 Å². The molecule has 0 saturated carbocycles. The highest BCUT2D eigenvalue weighted by molar-refractivity contribution is 7.99. The second-order valence-electron chi connectivity index (χ2n) is 5.22. The summed E-state index contributed by atoms with van der Waals surface area (Å²) in [6, 6.07) is 13.4. The number of hydrogen-bond donors (Lipinski definition) is 3. The van der Waals surface area contributed by atoms with Crippen LogP contribution in [0.25, 0.3) is 11.1 Å². The van der Waals surface area contributed by atoms with Crippen molar-refractivity contribution >= 4 is 46.1 Å². The molecule has 0 radical (unpaired) electrons. The van der Waals surface area contributed by atoms with Gasteiger partial charge in [0.25, 0.3) is 5.22 Å². The largest absolute Gasteiger partial charge is 0.431 e. The minimum atomic E-state index is -0.293. The standard InChI is InChI=1S/C17H15FN4O2S2/c18-12-7-5-11(6-8-12)9-19-16(25)22-21-15(23)10-26-17-20-13-3-1-2-4-14(13)24-17/h1-8H,9-10H2,(H,21,23)(H2,19,22,25). The molecule has 2 aromatic carbocycles. The number of carbonyl (C=O) groups is 1. The van der Waals surface area contributed by atoms with Crippen molar-refractivity contribution in [2.75, 3.05) is 5.75 Å². The topological polar surface area (TPSA) is 79.2 Å². The second kappa shape index (κ2) is 8.63. The predicted octanol–water partition coefficient (Wildman–Crippen LogP) is 2.75. The first-order valence-electron chi connectivity index (χ1n) is 7.65. The fraction of sp³-hybridized carbons (Fsp3) is 0.118. The Morgan fingerprint density at radius 2 is 1.92 bits per heavy atom. The predicted molar refractivity (Wildman–Crippen MR) is 102 cm³/mol. The van der Waals surface area contributed by atoms with Crippen LogP contribution in [0.1, 0.15) is 5.56 Å². The van der Waals surface area contributed by atoms with Crippen LogP contribution in [0.15, 0.2) is 58.2 Å². The van der Waals surface area contributed by atoms with Crippen LogP contribution in [0.3, 0.4) is 0 Å². The molecule has 0 aliphatic carbocycles. The molecule has 0 unspecified atom stereocenters. The van der Waals surface area contributed by atoms with Crippen molar-refractivity contribution in [1.82, 2.24) is 21.2 Å². The van der Waals surface area contributed by atoms with Crippen molar-refractivity contribution in [3.05, 3.63) is 59.9 Å². The highest BCUT2D eigenvalue weighted by atomic mass is 32.2. The van der Waals surface area contributed by atoms with E-state index < -0.39 is 0 Å². The van der Waals surface area contributed by atoms with Crippen LogP contribution in [0, 0.1) is 5.82 Å². The summed E-state index contributed by atoms with van der Waals surface area (Å²) in [7, 11) is 0. The van der Waals surface area contributed by atoms with E-state index in [4.69, 9.17) is 16.6 Å². The third-order valence-electron chi connectivity index (χ3n) is 3.28. The van der Waals surface area contributed by atoms with Crippen molar-refractivity contribution in [2.24, 2.45) is 0 Å². The summed E-state index contributed by atoms with van der Waals surface area (Å²) in [5, 5.41) is 3.60. The van der Waals surface area contributed by atoms with Crippen molar-refractivity contribution < 1.29 is 13.6 Å². The molecule has 0 aliphatic rings. The van der Waals surface area contributed by atoms with E-state index in [2.05, 4.69) is 21.2 Å². The highest BCUT2D eigenvalue weighted by Gasteiger charge is 2.09. The number of para-hydroxylation sites is 2. The molecule has 134 valence electrons. The van der Waals surface area contributed by atoms with Crippen LogP contribution >= 0.6 is 24.0 Å². The Morgan fingerprint density at radius 1 is 1.15 bits per heavy atom. The monoisotopic (exact) mass is 390 g/mol. The number of hydrazine groups is 1. The zero-order valence-electron chi connectivity index (χ0n) is 13.5. The average molecular weight is 390 g/mol. The van der Waals surface area contributed by atoms with E-state index in [0.717, 1.165) is 11.1 Å². The summed E-state index contributed by atoms with van der Waals surface area (Å²) in [4.78, 5) is 16.1. The van der Waals surface area contributed by atoms with Crippen LogP contribution in [0.5, 0.6) is 0 Å². The Kier molecular flexibility index (Phi) is 6.03. The van der Waals surface area contributed by atoms with Gasteiger partial charge in [-0.3, -0.25) is 15.6 Å². The lowest BCUT2D eigenvalue weighted by Gasteiger charge is -2.11. The van der Waals surface area contributed by atoms with Gasteiger partial charge in [0.2, 0.25) is 5.91 Å². The summed E-state index contributed by atoms with van der Waals surface area (Å²) in [6.45, 7) is 0.416. The molecule has 26 heavy (non-hydrogen) atoms. The first-order valence-corrected chi connectivity index (χ1v) is 9.05. The maximum Gasteiger partial charge on any atom is 0.257 e. The molecule has 0 fully saturated rings. The van der Waals surface area contributed by atoms with E-state index in [9.17, 15) is 9.18 Å². The number of nitrogens with one attached hydrogen (secondary N) is 3. The lowest BCUT2D eigenvalue weighted by molar-refractivity contribution is -0.119. The van der Waals surface area contributed by atoms with Gasteiger partial charge >= 0.3 is 0 Å². The smallest absolute Gasteiger partial charge is 0.257 e. The van der Waals surface area contributed by atoms with Gasteiger partial charge in [0.05, 0.1) is 5.75 Å². The summed E-state index contributed by atoms with van der Waals surface area (Å²) in [5.74, 6) is -0.443. The Bertz CT molecular complexity index is 882. The van der Waals surface area contributed by atoms with Crippen LogP contribution in [-0.2, 0) is 11.3 Å². The van der Waals surface area contributed by atoms with Crippen LogP contribution in [-0.4, -0.2) is 21.8 Å². The molecule has 1 amide bonds. The minimum absolute atomic E-state index is 0.125. The summed E-state index contributed by atoms with van der Waals surface area (Å²) < 4.78 is 18.4. The third-order valence-corrected chi connectivity index (χ3v) is 4.36. The number of oxazole rings is 1. The molecule has 6 nitrogen and oxygen atoms in total. The van der Waals surface area contributed by atoms with Crippen molar-refractivity contribution in [1.29, 1.82) is 0 Å². The number of thioether (sulfide) groups is 1. The molecule has 3 aromatic rings. The summed E-state index contributed by atoms with van der Waals surface area (Å²) in [5.41, 5.74) is 7.40. The second-order valence-corrected chi connectivity index (χ2v) is 6.55. The molecule has 3 N–H and O–H groups in total. The first-order chi connectivity index (χ1) is 12.6. The van der Waals surface area contributed by atoms with Gasteiger partial charge in [0.1, 0.15) is 11.3 Å². The van der Waals surface area contributed by atoms with Gasteiger partial charge in [0.15, 0.2) is 10.7 Å². The van der Waals surface area contributed by atoms with E-state index >= 15 is 0 Å². The van der Waals surface area contributed by atoms with Gasteiger partial charge in [-0.25, -0.2) is 9.37 Å². The summed E-state index contributed by atoms with van der Waals surface area (Å²) in [6.07, 6.45) is 0. The van der Waals surface area contributed by atoms with Crippen molar-refractivity contribution in [2.45, 2.75) is 11.8 Å². The number of thiocarbonyl (C=S) groups is 1. The Balaban J connectivity index is 1.37. The zero-order valence-corrected chi connectivity index (χ0v) is 15.1. The van der Waals surface area contributed by atoms with E-state index in [-0.39, 0.29) is 22.6 Å². The van der Waals surface area contributed by atoms with Gasteiger partial charge in [-0.05, 0) is 42.0 Å². The third kappa shape index (κ3) is 5.17. The molecule has 1 heterocycles. The number of benzene rings is 2. The van der Waals surface area contributed by atoms with Gasteiger partial charge in [0, 0.05) is 6.54 Å². The number of halogens is 1. The molecular weight excluding hydrogens is 375 g/mol. The van der Waals surface area contributed by atoms with Crippen LogP contribution in [0.4, 0.5) is 4.39 Å². The van der Waals surface area contributed by atoms with Crippen molar-refractivity contribution in [3.63, 3.8) is 0 Å². The minimum Gasteiger partial charge on any atom is -0.431 e. The van der Waals surface area contributed by atoms with Crippen molar-refractivity contribution in [3.8, 4) is 0 Å². The Morgan fingerprint density at radius 3 is 2.69 bits per heavy atom.